The van der Waals surface area contributed by atoms with Gasteiger partial charge in [0.05, 0.1) is 11.4 Å². The van der Waals surface area contributed by atoms with E-state index in [1.165, 1.54) is 26.3 Å². The first kappa shape index (κ1) is 33.4. The third kappa shape index (κ3) is 7.66. The van der Waals surface area contributed by atoms with Crippen LogP contribution in [0, 0.1) is 5.82 Å². The smallest absolute Gasteiger partial charge is 0.410 e. The number of carbonyl (C=O) groups excluding carboxylic acids is 3. The van der Waals surface area contributed by atoms with Gasteiger partial charge in [-0.1, -0.05) is 42.5 Å². The maximum absolute atomic E-state index is 14.3. The molecule has 0 atom stereocenters. The van der Waals surface area contributed by atoms with Crippen LogP contribution < -0.4 is 25.4 Å². The van der Waals surface area contributed by atoms with E-state index in [0.717, 1.165) is 31.5 Å². The highest BCUT2D eigenvalue weighted by Gasteiger charge is 2.33. The van der Waals surface area contributed by atoms with Gasteiger partial charge in [0.25, 0.3) is 5.91 Å². The Bertz CT molecular complexity index is 1920. The quantitative estimate of drug-likeness (QED) is 0.290. The van der Waals surface area contributed by atoms with Crippen molar-refractivity contribution in [2.75, 3.05) is 42.5 Å². The average Bonchev–Trinajstić information content (AvgIpc) is 3.62. The average molecular weight is 671 g/mol. The Kier molecular flexibility index (Phi) is 9.52. The number of pyridine rings is 1. The van der Waals surface area contributed by atoms with Crippen LogP contribution in [0.1, 0.15) is 55.2 Å². The molecule has 3 amide bonds. The number of anilines is 2. The number of piperazine rings is 1. The Morgan fingerprint density at radius 3 is 2.33 bits per heavy atom. The van der Waals surface area contributed by atoms with Crippen molar-refractivity contribution in [2.24, 2.45) is 0 Å². The van der Waals surface area contributed by atoms with Crippen LogP contribution in [0.2, 0.25) is 0 Å². The molecule has 12 nitrogen and oxygen atoms in total. The van der Waals surface area contributed by atoms with Crippen LogP contribution in [0.25, 0.3) is 5.65 Å². The fourth-order valence-electron chi connectivity index (χ4n) is 5.83. The number of halogens is 1. The summed E-state index contributed by atoms with van der Waals surface area (Å²) in [6.45, 7) is 6.94. The Morgan fingerprint density at radius 1 is 0.939 bits per heavy atom. The summed E-state index contributed by atoms with van der Waals surface area (Å²) in [6.07, 6.45) is 3.03. The van der Waals surface area contributed by atoms with Crippen molar-refractivity contribution in [1.29, 1.82) is 0 Å². The van der Waals surface area contributed by atoms with E-state index < -0.39 is 34.9 Å². The summed E-state index contributed by atoms with van der Waals surface area (Å²) in [5, 5.41) is 2.77. The Balaban J connectivity index is 1.42. The number of hydrogen-bond acceptors (Lipinski definition) is 8. The maximum Gasteiger partial charge on any atom is 0.410 e. The summed E-state index contributed by atoms with van der Waals surface area (Å²) in [5.74, 6) is -1.72. The molecule has 4 heterocycles. The van der Waals surface area contributed by atoms with Gasteiger partial charge < -0.3 is 24.6 Å². The zero-order chi connectivity index (χ0) is 34.7. The maximum atomic E-state index is 14.3. The van der Waals surface area contributed by atoms with Crippen LogP contribution in [0.15, 0.2) is 71.7 Å². The molecular weight excluding hydrogens is 631 g/mol. The first-order chi connectivity index (χ1) is 23.5. The number of nitrogens with one attached hydrogen (secondary N) is 1. The zero-order valence-electron chi connectivity index (χ0n) is 27.8. The molecule has 0 bridgehead atoms. The van der Waals surface area contributed by atoms with E-state index in [1.807, 2.05) is 30.3 Å². The van der Waals surface area contributed by atoms with E-state index in [2.05, 4.69) is 10.2 Å². The van der Waals surface area contributed by atoms with Gasteiger partial charge in [0.1, 0.15) is 24.6 Å². The second-order valence-electron chi connectivity index (χ2n) is 13.1. The number of aromatic nitrogens is 2. The lowest BCUT2D eigenvalue weighted by Crippen LogP contribution is -2.53. The number of carbonyl (C=O) groups is 3. The number of ether oxygens (including phenoxy) is 2. The minimum absolute atomic E-state index is 0.00581. The van der Waals surface area contributed by atoms with Crippen molar-refractivity contribution in [3.63, 3.8) is 0 Å². The number of rotatable bonds is 8. The molecule has 2 aromatic carbocycles. The van der Waals surface area contributed by atoms with Crippen LogP contribution in [0.3, 0.4) is 0 Å². The molecule has 49 heavy (non-hydrogen) atoms. The number of benzene rings is 2. The van der Waals surface area contributed by atoms with E-state index in [-0.39, 0.29) is 49.9 Å². The van der Waals surface area contributed by atoms with Gasteiger partial charge in [0, 0.05) is 38.9 Å². The van der Waals surface area contributed by atoms with E-state index in [4.69, 9.17) is 14.5 Å². The molecule has 256 valence electrons. The highest BCUT2D eigenvalue weighted by atomic mass is 19.1. The first-order valence-electron chi connectivity index (χ1n) is 16.3. The fraction of sp³-hybridized carbons (Fsp3) is 0.361. The molecular formula is C36H39FN6O6. The van der Waals surface area contributed by atoms with Gasteiger partial charge in [-0.25, -0.2) is 14.2 Å². The minimum Gasteiger partial charge on any atom is -0.481 e. The second-order valence-corrected chi connectivity index (χ2v) is 13.1. The van der Waals surface area contributed by atoms with Crippen molar-refractivity contribution >= 4 is 34.9 Å². The lowest BCUT2D eigenvalue weighted by atomic mass is 10.2. The van der Waals surface area contributed by atoms with Crippen molar-refractivity contribution in [3.8, 4) is 5.75 Å². The fourth-order valence-corrected chi connectivity index (χ4v) is 5.83. The standard InChI is InChI=1S/C36H39FN6O6/c1-36(2,3)49-35(47)41-17-18-42(29(44)22-41)28-19-27(40-15-7-8-16-40)21-43-32(28)39-30(33(45)38-20-24-11-13-26(37)14-12-24)31(34(43)46)48-23-25-9-5-4-6-10-25/h4-6,9-14,19,21H,7-8,15-18,20,22-23H2,1-3H3,(H,38,45). The predicted molar refractivity (Wildman–Crippen MR) is 181 cm³/mol. The zero-order valence-corrected chi connectivity index (χ0v) is 27.8. The number of fused-ring (bicyclic) bond motifs is 1. The third-order valence-corrected chi connectivity index (χ3v) is 8.29. The number of hydrogen-bond donors (Lipinski definition) is 1. The molecule has 0 spiro atoms. The molecule has 6 rings (SSSR count). The van der Waals surface area contributed by atoms with Crippen LogP contribution in [-0.2, 0) is 22.7 Å². The molecule has 2 aromatic heterocycles. The molecule has 2 aliphatic rings. The molecule has 0 unspecified atom stereocenters. The molecule has 2 aliphatic heterocycles. The minimum atomic E-state index is -0.726. The summed E-state index contributed by atoms with van der Waals surface area (Å²) < 4.78 is 26.3. The van der Waals surface area contributed by atoms with Crippen molar-refractivity contribution < 1.29 is 28.2 Å². The molecule has 13 heteroatoms. The summed E-state index contributed by atoms with van der Waals surface area (Å²) >= 11 is 0. The van der Waals surface area contributed by atoms with Gasteiger partial charge in [-0.15, -0.1) is 0 Å². The normalized spacial score (nSPS) is 15.1. The van der Waals surface area contributed by atoms with Gasteiger partial charge in [-0.2, -0.15) is 0 Å². The Hall–Kier alpha value is -5.46. The van der Waals surface area contributed by atoms with Crippen LogP contribution >= 0.6 is 0 Å². The summed E-state index contributed by atoms with van der Waals surface area (Å²) in [6, 6.07) is 16.7. The molecule has 0 aliphatic carbocycles. The second kappa shape index (κ2) is 14.0. The number of nitrogens with zero attached hydrogens (tertiary/aromatic N) is 5. The summed E-state index contributed by atoms with van der Waals surface area (Å²) in [7, 11) is 0. The molecule has 0 saturated carbocycles. The van der Waals surface area contributed by atoms with Crippen molar-refractivity contribution in [1.82, 2.24) is 19.6 Å². The van der Waals surface area contributed by atoms with Gasteiger partial charge in [-0.05, 0) is 62.9 Å². The van der Waals surface area contributed by atoms with Gasteiger partial charge >= 0.3 is 11.7 Å². The number of amides is 3. The highest BCUT2D eigenvalue weighted by Crippen LogP contribution is 2.31. The lowest BCUT2D eigenvalue weighted by Gasteiger charge is -2.35. The largest absolute Gasteiger partial charge is 0.481 e. The Morgan fingerprint density at radius 2 is 1.65 bits per heavy atom. The highest BCUT2D eigenvalue weighted by molar-refractivity contribution is 6.01. The first-order valence-corrected chi connectivity index (χ1v) is 16.3. The van der Waals surface area contributed by atoms with Gasteiger partial charge in [0.2, 0.25) is 11.7 Å². The van der Waals surface area contributed by atoms with Crippen LogP contribution in [0.5, 0.6) is 5.75 Å². The van der Waals surface area contributed by atoms with Crippen molar-refractivity contribution in [2.45, 2.75) is 52.4 Å². The Labute approximate surface area is 283 Å². The molecule has 0 radical (unpaired) electrons. The summed E-state index contributed by atoms with van der Waals surface area (Å²) in [5.41, 5.74) is 0.967. The van der Waals surface area contributed by atoms with Crippen LogP contribution in [0.4, 0.5) is 20.6 Å². The molecule has 1 N–H and O–H groups in total. The third-order valence-electron chi connectivity index (χ3n) is 8.29. The van der Waals surface area contributed by atoms with E-state index in [0.29, 0.717) is 16.9 Å². The lowest BCUT2D eigenvalue weighted by molar-refractivity contribution is -0.121. The van der Waals surface area contributed by atoms with Crippen molar-refractivity contribution in [3.05, 3.63) is 99.9 Å². The van der Waals surface area contributed by atoms with Gasteiger partial charge in [-0.3, -0.25) is 23.7 Å². The summed E-state index contributed by atoms with van der Waals surface area (Å²) in [4.78, 5) is 64.2. The van der Waals surface area contributed by atoms with E-state index >= 15 is 0 Å². The molecule has 4 aromatic rings. The topological polar surface area (TPSA) is 126 Å². The van der Waals surface area contributed by atoms with Crippen LogP contribution in [-0.4, -0.2) is 70.5 Å². The van der Waals surface area contributed by atoms with E-state index in [9.17, 15) is 23.6 Å². The van der Waals surface area contributed by atoms with E-state index in [1.54, 1.807) is 45.2 Å². The molecule has 2 saturated heterocycles. The predicted octanol–water partition coefficient (Wildman–Crippen LogP) is 4.53. The monoisotopic (exact) mass is 670 g/mol. The van der Waals surface area contributed by atoms with Gasteiger partial charge in [0.15, 0.2) is 11.3 Å². The SMILES string of the molecule is CC(C)(C)OC(=O)N1CCN(c2cc(N3CCCC3)cn3c(=O)c(OCc4ccccc4)c(C(=O)NCc4ccc(F)cc4)nc23)C(=O)C1. The molecule has 2 fully saturated rings.